The number of nitrogens with one attached hydrogen (secondary N) is 1. The zero-order valence-corrected chi connectivity index (χ0v) is 18.1. The van der Waals surface area contributed by atoms with Gasteiger partial charge in [0.15, 0.2) is 11.5 Å². The largest absolute Gasteiger partial charge is 0.493 e. The first-order valence-corrected chi connectivity index (χ1v) is 9.91. The Labute approximate surface area is 182 Å². The molecule has 3 aromatic carbocycles. The highest BCUT2D eigenvalue weighted by Gasteiger charge is 2.05. The Morgan fingerprint density at radius 2 is 1.57 bits per heavy atom. The molecule has 3 aromatic rings. The van der Waals surface area contributed by atoms with Crippen LogP contribution >= 0.6 is 11.6 Å². The molecule has 0 fully saturated rings. The van der Waals surface area contributed by atoms with Crippen molar-refractivity contribution in [1.29, 1.82) is 0 Å². The fourth-order valence-electron chi connectivity index (χ4n) is 2.84. The molecule has 0 aromatic heterocycles. The van der Waals surface area contributed by atoms with E-state index in [1.54, 1.807) is 26.5 Å². The predicted octanol–water partition coefficient (Wildman–Crippen LogP) is 5.37. The standard InChI is InChI=1S/C24H25ClN2O3/c1-17-4-6-18(7-5-17)16-30-22-11-9-21(25)13-20(22)15-27-26-14-19-8-10-23(28-2)24(12-19)29-3/h4-13,15,26H,14,16H2,1-3H3/b27-15+. The molecule has 0 aliphatic heterocycles. The van der Waals surface area contributed by atoms with Crippen LogP contribution in [-0.2, 0) is 13.2 Å². The zero-order chi connectivity index (χ0) is 21.3. The number of halogens is 1. The molecule has 0 radical (unpaired) electrons. The van der Waals surface area contributed by atoms with Gasteiger partial charge in [-0.1, -0.05) is 47.5 Å². The van der Waals surface area contributed by atoms with E-state index in [9.17, 15) is 0 Å². The maximum Gasteiger partial charge on any atom is 0.161 e. The minimum atomic E-state index is 0.474. The van der Waals surface area contributed by atoms with Gasteiger partial charge in [0.1, 0.15) is 12.4 Å². The molecule has 0 bridgehead atoms. The van der Waals surface area contributed by atoms with Gasteiger partial charge >= 0.3 is 0 Å². The molecule has 156 valence electrons. The van der Waals surface area contributed by atoms with Gasteiger partial charge in [0.05, 0.1) is 27.0 Å². The van der Waals surface area contributed by atoms with E-state index in [4.69, 9.17) is 25.8 Å². The maximum atomic E-state index is 6.16. The van der Waals surface area contributed by atoms with Crippen molar-refractivity contribution in [2.45, 2.75) is 20.1 Å². The summed E-state index contributed by atoms with van der Waals surface area (Å²) in [6.45, 7) is 3.08. The first kappa shape index (κ1) is 21.5. The fraction of sp³-hybridized carbons (Fsp3) is 0.208. The number of rotatable bonds is 9. The van der Waals surface area contributed by atoms with Crippen molar-refractivity contribution in [3.05, 3.63) is 87.9 Å². The van der Waals surface area contributed by atoms with Crippen LogP contribution < -0.4 is 19.6 Å². The van der Waals surface area contributed by atoms with Gasteiger partial charge in [-0.2, -0.15) is 5.10 Å². The Morgan fingerprint density at radius 3 is 2.30 bits per heavy atom. The fourth-order valence-corrected chi connectivity index (χ4v) is 3.02. The van der Waals surface area contributed by atoms with Crippen molar-refractivity contribution in [3.63, 3.8) is 0 Å². The average molecular weight is 425 g/mol. The number of methoxy groups -OCH3 is 2. The van der Waals surface area contributed by atoms with Crippen LogP contribution in [0, 0.1) is 6.92 Å². The van der Waals surface area contributed by atoms with Crippen molar-refractivity contribution in [2.75, 3.05) is 14.2 Å². The number of aryl methyl sites for hydroxylation is 1. The van der Waals surface area contributed by atoms with Crippen molar-refractivity contribution >= 4 is 17.8 Å². The smallest absolute Gasteiger partial charge is 0.161 e. The molecule has 5 nitrogen and oxygen atoms in total. The number of ether oxygens (including phenoxy) is 3. The Kier molecular flexibility index (Phi) is 7.57. The monoisotopic (exact) mass is 424 g/mol. The highest BCUT2D eigenvalue weighted by molar-refractivity contribution is 6.30. The molecular formula is C24H25ClN2O3. The summed E-state index contributed by atoms with van der Waals surface area (Å²) in [6.07, 6.45) is 1.71. The Hall–Kier alpha value is -3.18. The lowest BCUT2D eigenvalue weighted by Crippen LogP contribution is -2.06. The summed E-state index contributed by atoms with van der Waals surface area (Å²) in [5.74, 6) is 2.10. The molecule has 3 rings (SSSR count). The summed E-state index contributed by atoms with van der Waals surface area (Å²) < 4.78 is 16.6. The number of hydrogen-bond donors (Lipinski definition) is 1. The van der Waals surface area contributed by atoms with Crippen LogP contribution in [0.2, 0.25) is 5.02 Å². The van der Waals surface area contributed by atoms with Gasteiger partial charge in [-0.25, -0.2) is 0 Å². The third-order valence-corrected chi connectivity index (χ3v) is 4.75. The summed E-state index contributed by atoms with van der Waals surface area (Å²) >= 11 is 6.16. The van der Waals surface area contributed by atoms with Crippen molar-refractivity contribution in [3.8, 4) is 17.2 Å². The molecule has 6 heteroatoms. The quantitative estimate of drug-likeness (QED) is 0.370. The van der Waals surface area contributed by atoms with E-state index in [1.165, 1.54) is 5.56 Å². The van der Waals surface area contributed by atoms with Crippen molar-refractivity contribution < 1.29 is 14.2 Å². The summed E-state index contributed by atoms with van der Waals surface area (Å²) in [5, 5.41) is 4.94. The Bertz CT molecular complexity index is 1000. The minimum Gasteiger partial charge on any atom is -0.493 e. The van der Waals surface area contributed by atoms with E-state index in [0.29, 0.717) is 29.7 Å². The van der Waals surface area contributed by atoms with Gasteiger partial charge in [0, 0.05) is 10.6 Å². The van der Waals surface area contributed by atoms with E-state index < -0.39 is 0 Å². The zero-order valence-electron chi connectivity index (χ0n) is 17.3. The second-order valence-electron chi connectivity index (χ2n) is 6.74. The normalized spacial score (nSPS) is 10.8. The third-order valence-electron chi connectivity index (χ3n) is 4.51. The topological polar surface area (TPSA) is 52.1 Å². The summed E-state index contributed by atoms with van der Waals surface area (Å²) in [6, 6.07) is 19.5. The van der Waals surface area contributed by atoms with E-state index in [0.717, 1.165) is 22.4 Å². The molecule has 0 amide bonds. The minimum absolute atomic E-state index is 0.474. The van der Waals surface area contributed by atoms with Gasteiger partial charge in [-0.3, -0.25) is 0 Å². The molecule has 0 spiro atoms. The predicted molar refractivity (Wildman–Crippen MR) is 121 cm³/mol. The number of benzene rings is 3. The summed E-state index contributed by atoms with van der Waals surface area (Å²) in [4.78, 5) is 0. The number of hydrazone groups is 1. The highest BCUT2D eigenvalue weighted by Crippen LogP contribution is 2.27. The van der Waals surface area contributed by atoms with Gasteiger partial charge in [0.25, 0.3) is 0 Å². The van der Waals surface area contributed by atoms with E-state index in [1.807, 2.05) is 30.3 Å². The molecule has 0 aliphatic carbocycles. The summed E-state index contributed by atoms with van der Waals surface area (Å²) in [7, 11) is 3.23. The lowest BCUT2D eigenvalue weighted by Gasteiger charge is -2.10. The van der Waals surface area contributed by atoms with Crippen LogP contribution in [-0.4, -0.2) is 20.4 Å². The Morgan fingerprint density at radius 1 is 0.867 bits per heavy atom. The van der Waals surface area contributed by atoms with Gasteiger partial charge in [-0.05, 0) is 48.4 Å². The second-order valence-corrected chi connectivity index (χ2v) is 7.18. The van der Waals surface area contributed by atoms with Crippen molar-refractivity contribution in [2.24, 2.45) is 5.10 Å². The maximum absolute atomic E-state index is 6.16. The Balaban J connectivity index is 1.63. The van der Waals surface area contributed by atoms with Gasteiger partial charge < -0.3 is 19.6 Å². The summed E-state index contributed by atoms with van der Waals surface area (Å²) in [5.41, 5.74) is 7.18. The van der Waals surface area contributed by atoms with Crippen LogP contribution in [0.25, 0.3) is 0 Å². The van der Waals surface area contributed by atoms with Crippen LogP contribution in [0.15, 0.2) is 65.8 Å². The lowest BCUT2D eigenvalue weighted by molar-refractivity contribution is 0.306. The first-order valence-electron chi connectivity index (χ1n) is 9.54. The molecular weight excluding hydrogens is 400 g/mol. The van der Waals surface area contributed by atoms with Crippen LogP contribution in [0.1, 0.15) is 22.3 Å². The molecule has 1 N–H and O–H groups in total. The van der Waals surface area contributed by atoms with Crippen LogP contribution in [0.5, 0.6) is 17.2 Å². The van der Waals surface area contributed by atoms with Crippen LogP contribution in [0.4, 0.5) is 0 Å². The second kappa shape index (κ2) is 10.6. The molecule has 0 saturated carbocycles. The van der Waals surface area contributed by atoms with E-state index in [2.05, 4.69) is 41.7 Å². The van der Waals surface area contributed by atoms with Gasteiger partial charge in [-0.15, -0.1) is 0 Å². The van der Waals surface area contributed by atoms with E-state index in [-0.39, 0.29) is 0 Å². The third kappa shape index (κ3) is 5.91. The van der Waals surface area contributed by atoms with Crippen LogP contribution in [0.3, 0.4) is 0 Å². The lowest BCUT2D eigenvalue weighted by atomic mass is 10.1. The molecule has 0 unspecified atom stereocenters. The molecule has 30 heavy (non-hydrogen) atoms. The first-order chi connectivity index (χ1) is 14.6. The number of hydrogen-bond acceptors (Lipinski definition) is 5. The van der Waals surface area contributed by atoms with Gasteiger partial charge in [0.2, 0.25) is 0 Å². The van der Waals surface area contributed by atoms with Crippen molar-refractivity contribution in [1.82, 2.24) is 5.43 Å². The number of nitrogens with zero attached hydrogens (tertiary/aromatic N) is 1. The SMILES string of the molecule is COc1ccc(CN/N=C/c2cc(Cl)ccc2OCc2ccc(C)cc2)cc1OC. The molecule has 0 atom stereocenters. The molecule has 0 heterocycles. The molecule has 0 saturated heterocycles. The average Bonchev–Trinajstić information content (AvgIpc) is 2.77. The van der Waals surface area contributed by atoms with E-state index >= 15 is 0 Å². The molecule has 0 aliphatic rings. The highest BCUT2D eigenvalue weighted by atomic mass is 35.5.